The maximum absolute atomic E-state index is 12.5. The molecule has 1 amide bonds. The minimum atomic E-state index is -0.290. The van der Waals surface area contributed by atoms with Gasteiger partial charge in [0.25, 0.3) is 0 Å². The molecule has 0 unspecified atom stereocenters. The molecule has 1 fully saturated rings. The molecule has 4 aromatic heterocycles. The molecule has 13 heteroatoms. The van der Waals surface area contributed by atoms with E-state index < -0.39 is 0 Å². The number of likely N-dealkylation sites (N-methyl/N-ethyl adjacent to an activating group) is 1. The molecule has 1 spiro atoms. The number of nitrogen functional groups attached to an aromatic ring is 1. The number of hydrogen-bond donors (Lipinski definition) is 2. The van der Waals surface area contributed by atoms with Gasteiger partial charge in [-0.2, -0.15) is 10.1 Å². The Morgan fingerprint density at radius 1 is 1.27 bits per heavy atom. The van der Waals surface area contributed by atoms with Crippen LogP contribution in [0.4, 0.5) is 5.00 Å². The van der Waals surface area contributed by atoms with Crippen molar-refractivity contribution in [2.24, 2.45) is 0 Å². The van der Waals surface area contributed by atoms with Crippen LogP contribution >= 0.6 is 11.3 Å². The Bertz CT molecular complexity index is 1860. The second kappa shape index (κ2) is 13.3. The van der Waals surface area contributed by atoms with Crippen LogP contribution in [0.3, 0.4) is 0 Å². The van der Waals surface area contributed by atoms with Gasteiger partial charge in [-0.25, -0.2) is 9.67 Å². The number of fused-ring (bicyclic) bond motifs is 4. The van der Waals surface area contributed by atoms with Crippen molar-refractivity contribution in [3.05, 3.63) is 57.9 Å². The fourth-order valence-electron chi connectivity index (χ4n) is 8.28. The number of rotatable bonds is 10. The number of hydrogen-bond acceptors (Lipinski definition) is 11. The largest absolute Gasteiger partial charge is 0.473 e. The van der Waals surface area contributed by atoms with Crippen LogP contribution < -0.4 is 15.8 Å². The molecule has 2 aliphatic carbocycles. The first-order chi connectivity index (χ1) is 23.6. The molecule has 3 aliphatic rings. The summed E-state index contributed by atoms with van der Waals surface area (Å²) in [5.74, 6) is 1.73. The maximum Gasteiger partial charge on any atom is 0.226 e. The summed E-state index contributed by atoms with van der Waals surface area (Å²) in [6, 6.07) is 3.71. The Kier molecular flexibility index (Phi) is 9.09. The molecule has 0 bridgehead atoms. The number of methoxy groups -OCH3 is 1. The first-order valence-electron chi connectivity index (χ1n) is 17.3. The van der Waals surface area contributed by atoms with Crippen LogP contribution in [0.5, 0.6) is 5.88 Å². The van der Waals surface area contributed by atoms with Crippen molar-refractivity contribution in [3.63, 3.8) is 0 Å². The third kappa shape index (κ3) is 6.06. The summed E-state index contributed by atoms with van der Waals surface area (Å²) in [4.78, 5) is 26.0. The normalized spacial score (nSPS) is 22.7. The van der Waals surface area contributed by atoms with E-state index in [1.165, 1.54) is 10.4 Å². The van der Waals surface area contributed by atoms with Gasteiger partial charge >= 0.3 is 0 Å². The van der Waals surface area contributed by atoms with Crippen molar-refractivity contribution in [2.45, 2.75) is 102 Å². The molecule has 4 atom stereocenters. The number of aromatic nitrogens is 5. The number of ether oxygens (including phenoxy) is 2. The van der Waals surface area contributed by atoms with E-state index >= 15 is 0 Å². The molecule has 5 heterocycles. The van der Waals surface area contributed by atoms with Gasteiger partial charge in [-0.3, -0.25) is 9.69 Å². The summed E-state index contributed by atoms with van der Waals surface area (Å²) >= 11 is 1.67. The Labute approximate surface area is 291 Å². The summed E-state index contributed by atoms with van der Waals surface area (Å²) in [5, 5.41) is 13.2. The van der Waals surface area contributed by atoms with Crippen molar-refractivity contribution >= 4 is 28.3 Å². The molecule has 260 valence electrons. The molecule has 12 nitrogen and oxygen atoms in total. The average molecular weight is 687 g/mol. The number of nitrogens with zero attached hydrogens (tertiary/aromatic N) is 6. The van der Waals surface area contributed by atoms with E-state index in [0.717, 1.165) is 73.3 Å². The number of nitrogens with two attached hydrogens (primary N) is 1. The van der Waals surface area contributed by atoms with Gasteiger partial charge < -0.3 is 25.0 Å². The van der Waals surface area contributed by atoms with Crippen molar-refractivity contribution in [2.75, 3.05) is 26.4 Å². The number of nitrogens with one attached hydrogen (secondary N) is 1. The molecule has 7 rings (SSSR count). The Hall–Kier alpha value is -4.07. The highest BCUT2D eigenvalue weighted by Crippen LogP contribution is 2.55. The SMILES string of the molecule is C=Cc1c(N)sc2c1[C@@]1(CCC2)CCCc2c1noc2-c1nc(O[C@@H](C)[C@@H]2[C@@H](OC)CCN2C)cc(-n2ccc(CC(=O)NC(C)C)n2)n1. The van der Waals surface area contributed by atoms with Gasteiger partial charge in [0.2, 0.25) is 23.4 Å². The summed E-state index contributed by atoms with van der Waals surface area (Å²) in [6.07, 6.45) is 10.4. The zero-order valence-electron chi connectivity index (χ0n) is 29.0. The standard InChI is InChI=1S/C36H46N8O4S/c1-7-23-30-26(49-34(23)37)11-9-15-36(30)14-8-10-24-32(48-42-33(24)36)35-39-27(44-17-12-22(41-44)18-28(45)38-20(2)3)19-29(40-35)47-21(4)31-25(46-6)13-16-43(31)5/h7,12,17,19-21,25,31H,1,8-11,13-16,18,37H2,2-6H3,(H,38,45)/t21-,25-,31+,36-/m0/s1. The van der Waals surface area contributed by atoms with Gasteiger partial charge in [0.15, 0.2) is 5.82 Å². The number of carbonyl (C=O) groups excluding carboxylic acids is 1. The van der Waals surface area contributed by atoms with E-state index in [4.69, 9.17) is 40.0 Å². The van der Waals surface area contributed by atoms with Gasteiger partial charge in [-0.15, -0.1) is 11.3 Å². The van der Waals surface area contributed by atoms with Crippen LogP contribution in [-0.2, 0) is 34.2 Å². The monoisotopic (exact) mass is 686 g/mol. The highest BCUT2D eigenvalue weighted by Gasteiger charge is 2.48. The number of amides is 1. The third-order valence-electron chi connectivity index (χ3n) is 10.3. The van der Waals surface area contributed by atoms with E-state index in [1.807, 2.05) is 32.9 Å². The highest BCUT2D eigenvalue weighted by atomic mass is 32.1. The van der Waals surface area contributed by atoms with Crippen LogP contribution in [0.15, 0.2) is 29.4 Å². The summed E-state index contributed by atoms with van der Waals surface area (Å²) in [7, 11) is 3.84. The van der Waals surface area contributed by atoms with E-state index in [2.05, 4.69) is 23.8 Å². The first kappa shape index (κ1) is 33.4. The van der Waals surface area contributed by atoms with Crippen LogP contribution in [0.2, 0.25) is 0 Å². The average Bonchev–Trinajstić information content (AvgIpc) is 3.86. The van der Waals surface area contributed by atoms with Gasteiger partial charge in [0, 0.05) is 53.4 Å². The minimum absolute atomic E-state index is 0.0462. The molecule has 0 aromatic carbocycles. The van der Waals surface area contributed by atoms with Gasteiger partial charge in [0.05, 0.1) is 35.0 Å². The van der Waals surface area contributed by atoms with Crippen LogP contribution in [0.1, 0.15) is 85.8 Å². The topological polar surface area (TPSA) is 146 Å². The Morgan fingerprint density at radius 3 is 2.82 bits per heavy atom. The van der Waals surface area contributed by atoms with Crippen molar-refractivity contribution in [1.82, 2.24) is 35.1 Å². The number of thiophene rings is 1. The molecule has 3 N–H and O–H groups in total. The molecule has 4 aromatic rings. The zero-order valence-corrected chi connectivity index (χ0v) is 29.8. The molecule has 0 radical (unpaired) electrons. The minimum Gasteiger partial charge on any atom is -0.473 e. The fourth-order valence-corrected chi connectivity index (χ4v) is 9.50. The lowest BCUT2D eigenvalue weighted by Crippen LogP contribution is -2.44. The number of carbonyl (C=O) groups is 1. The van der Waals surface area contributed by atoms with E-state index in [0.29, 0.717) is 29.0 Å². The number of aryl methyl sites for hydroxylation is 1. The Balaban J connectivity index is 1.29. The van der Waals surface area contributed by atoms with Crippen LogP contribution in [0.25, 0.3) is 23.5 Å². The van der Waals surface area contributed by atoms with E-state index in [1.54, 1.807) is 35.4 Å². The predicted molar refractivity (Wildman–Crippen MR) is 189 cm³/mol. The summed E-state index contributed by atoms with van der Waals surface area (Å²) in [6.45, 7) is 11.0. The molecular formula is C36H46N8O4S. The summed E-state index contributed by atoms with van der Waals surface area (Å²) in [5.41, 5.74) is 11.1. The number of likely N-dealkylation sites (tertiary alicyclic amines) is 1. The predicted octanol–water partition coefficient (Wildman–Crippen LogP) is 5.12. The van der Waals surface area contributed by atoms with Crippen molar-refractivity contribution in [1.29, 1.82) is 0 Å². The lowest BCUT2D eigenvalue weighted by Gasteiger charge is -2.40. The maximum atomic E-state index is 12.5. The van der Waals surface area contributed by atoms with Gasteiger partial charge in [0.1, 0.15) is 6.10 Å². The van der Waals surface area contributed by atoms with E-state index in [-0.39, 0.29) is 42.0 Å². The highest BCUT2D eigenvalue weighted by molar-refractivity contribution is 7.16. The van der Waals surface area contributed by atoms with Crippen LogP contribution in [0, 0.1) is 0 Å². The van der Waals surface area contributed by atoms with E-state index in [9.17, 15) is 4.79 Å². The summed E-state index contributed by atoms with van der Waals surface area (Å²) < 4.78 is 20.3. The number of anilines is 1. The lowest BCUT2D eigenvalue weighted by atomic mass is 9.62. The quantitative estimate of drug-likeness (QED) is 0.231. The molecular weight excluding hydrogens is 641 g/mol. The molecule has 49 heavy (non-hydrogen) atoms. The third-order valence-corrected chi connectivity index (χ3v) is 11.4. The Morgan fingerprint density at radius 2 is 2.06 bits per heavy atom. The zero-order chi connectivity index (χ0) is 34.4. The molecule has 0 saturated carbocycles. The van der Waals surface area contributed by atoms with Gasteiger partial charge in [-0.05, 0) is 84.4 Å². The van der Waals surface area contributed by atoms with Crippen molar-refractivity contribution in [3.8, 4) is 23.3 Å². The van der Waals surface area contributed by atoms with Crippen molar-refractivity contribution < 1.29 is 18.8 Å². The molecule has 1 aliphatic heterocycles. The lowest BCUT2D eigenvalue weighted by molar-refractivity contribution is -0.120. The fraction of sp³-hybridized carbons (Fsp3) is 0.528. The first-order valence-corrected chi connectivity index (χ1v) is 18.1. The smallest absolute Gasteiger partial charge is 0.226 e. The van der Waals surface area contributed by atoms with Crippen LogP contribution in [-0.4, -0.2) is 80.7 Å². The second-order valence-electron chi connectivity index (χ2n) is 13.9. The van der Waals surface area contributed by atoms with Gasteiger partial charge in [-0.1, -0.05) is 17.8 Å². The second-order valence-corrected chi connectivity index (χ2v) is 15.0. The molecule has 1 saturated heterocycles.